The number of hydrogen-bond donors (Lipinski definition) is 0. The van der Waals surface area contributed by atoms with Crippen molar-refractivity contribution in [2.45, 2.75) is 6.92 Å². The third kappa shape index (κ3) is 29.5. The van der Waals surface area contributed by atoms with Gasteiger partial charge >= 0.3 is 0 Å². The van der Waals surface area contributed by atoms with Crippen molar-refractivity contribution in [2.75, 3.05) is 0 Å². The normalized spacial score (nSPS) is 6.80. The van der Waals surface area contributed by atoms with Crippen molar-refractivity contribution in [3.05, 3.63) is 23.8 Å². The van der Waals surface area contributed by atoms with Gasteiger partial charge in [0, 0.05) is 17.2 Å². The van der Waals surface area contributed by atoms with Crippen LogP contribution in [0.3, 0.4) is 0 Å². The van der Waals surface area contributed by atoms with Crippen LogP contribution in [0.2, 0.25) is 0 Å². The minimum absolute atomic E-state index is 0.560. The summed E-state index contributed by atoms with van der Waals surface area (Å²) in [6.07, 6.45) is 1.20. The maximum atomic E-state index is 7.79. The van der Waals surface area contributed by atoms with Crippen molar-refractivity contribution >= 4 is 11.6 Å². The van der Waals surface area contributed by atoms with E-state index in [4.69, 9.17) is 22.1 Å². The van der Waals surface area contributed by atoms with Crippen LogP contribution in [0, 0.1) is 22.7 Å². The van der Waals surface area contributed by atoms with Crippen LogP contribution in [-0.4, -0.2) is 0 Å². The predicted molar refractivity (Wildman–Crippen MR) is 41.0 cm³/mol. The van der Waals surface area contributed by atoms with Gasteiger partial charge in [-0.05, 0) is 6.92 Å². The molecule has 0 amide bonds. The Morgan fingerprint density at radius 1 is 1.60 bits per heavy atom. The van der Waals surface area contributed by atoms with Gasteiger partial charge in [0.15, 0.2) is 0 Å². The number of nitrogens with zero attached hydrogens (tertiary/aromatic N) is 2. The van der Waals surface area contributed by atoms with E-state index in [0.29, 0.717) is 5.57 Å². The second-order valence-corrected chi connectivity index (χ2v) is 1.57. The first-order chi connectivity index (χ1) is 4.68. The van der Waals surface area contributed by atoms with Crippen LogP contribution in [0.4, 0.5) is 0 Å². The fourth-order valence-corrected chi connectivity index (χ4v) is 0.0845. The molecule has 2 nitrogen and oxygen atoms in total. The van der Waals surface area contributed by atoms with E-state index in [1.165, 1.54) is 11.6 Å². The molecule has 0 aromatic rings. The van der Waals surface area contributed by atoms with Gasteiger partial charge in [0.25, 0.3) is 0 Å². The van der Waals surface area contributed by atoms with Gasteiger partial charge in [-0.2, -0.15) is 10.5 Å². The van der Waals surface area contributed by atoms with E-state index < -0.39 is 0 Å². The Bertz CT molecular complexity index is 193. The summed E-state index contributed by atoms with van der Waals surface area (Å²) in [5.41, 5.74) is 1.73. The highest BCUT2D eigenvalue weighted by atomic mass is 35.5. The zero-order chi connectivity index (χ0) is 8.41. The molecule has 0 spiro atoms. The summed E-state index contributed by atoms with van der Waals surface area (Å²) >= 11 is 4.90. The summed E-state index contributed by atoms with van der Waals surface area (Å²) in [7, 11) is 0. The molecular formula is C7H7ClN2. The predicted octanol–water partition coefficient (Wildman–Crippen LogP) is 2.35. The average Bonchev–Trinajstić information content (AvgIpc) is 1.91. The van der Waals surface area contributed by atoms with E-state index in [1.807, 2.05) is 6.07 Å². The highest BCUT2D eigenvalue weighted by molar-refractivity contribution is 6.25. The smallest absolute Gasteiger partial charge is 0.0937 e. The van der Waals surface area contributed by atoms with Crippen molar-refractivity contribution in [3.63, 3.8) is 0 Å². The highest BCUT2D eigenvalue weighted by Gasteiger charge is 1.64. The molecule has 10 heavy (non-hydrogen) atoms. The van der Waals surface area contributed by atoms with Crippen LogP contribution in [0.5, 0.6) is 0 Å². The first-order valence-electron chi connectivity index (χ1n) is 2.39. The topological polar surface area (TPSA) is 47.6 Å². The van der Waals surface area contributed by atoms with Crippen LogP contribution in [0.25, 0.3) is 0 Å². The van der Waals surface area contributed by atoms with Crippen LogP contribution in [0.1, 0.15) is 6.92 Å². The molecule has 3 heteroatoms. The molecule has 0 heterocycles. The molecule has 0 N–H and O–H groups in total. The Hall–Kier alpha value is -1.25. The van der Waals surface area contributed by atoms with Gasteiger partial charge in [0.2, 0.25) is 0 Å². The Balaban J connectivity index is 0. The molecule has 0 bridgehead atoms. The number of halogens is 1. The molecule has 0 fully saturated rings. The van der Waals surface area contributed by atoms with E-state index in [1.54, 1.807) is 13.0 Å². The summed E-state index contributed by atoms with van der Waals surface area (Å²) < 4.78 is 0. The third-order valence-corrected chi connectivity index (χ3v) is 0.454. The summed E-state index contributed by atoms with van der Waals surface area (Å²) in [5, 5.41) is 15.4. The lowest BCUT2D eigenvalue weighted by Gasteiger charge is -1.61. The lowest BCUT2D eigenvalue weighted by atomic mass is 10.4. The van der Waals surface area contributed by atoms with Gasteiger partial charge in [0.1, 0.15) is 0 Å². The maximum absolute atomic E-state index is 7.79. The molecule has 0 unspecified atom stereocenters. The monoisotopic (exact) mass is 154 g/mol. The van der Waals surface area contributed by atoms with Crippen LogP contribution in [0.15, 0.2) is 23.8 Å². The number of hydrogen-bond acceptors (Lipinski definition) is 2. The van der Waals surface area contributed by atoms with E-state index >= 15 is 0 Å². The van der Waals surface area contributed by atoms with Gasteiger partial charge < -0.3 is 0 Å². The van der Waals surface area contributed by atoms with Crippen molar-refractivity contribution in [2.24, 2.45) is 0 Å². The molecule has 0 aliphatic carbocycles. The zero-order valence-electron chi connectivity index (χ0n) is 5.63. The van der Waals surface area contributed by atoms with Gasteiger partial charge in [-0.1, -0.05) is 18.2 Å². The van der Waals surface area contributed by atoms with Gasteiger partial charge in [-0.25, -0.2) is 0 Å². The standard InChI is InChI=1S/C4H5N.C3H2ClN/c1-4(2)3-5;4-2-1-3-5/h1H2,2H3;1-2H. The molecule has 0 aromatic carbocycles. The summed E-state index contributed by atoms with van der Waals surface area (Å²) in [6.45, 7) is 4.98. The molecule has 0 aromatic heterocycles. The Morgan fingerprint density at radius 2 is 2.00 bits per heavy atom. The first-order valence-corrected chi connectivity index (χ1v) is 2.83. The maximum Gasteiger partial charge on any atom is 0.0937 e. The van der Waals surface area contributed by atoms with E-state index in [2.05, 4.69) is 6.58 Å². The van der Waals surface area contributed by atoms with Gasteiger partial charge in [-0.3, -0.25) is 0 Å². The molecule has 0 radical (unpaired) electrons. The zero-order valence-corrected chi connectivity index (χ0v) is 6.39. The van der Waals surface area contributed by atoms with Crippen LogP contribution in [-0.2, 0) is 0 Å². The summed E-state index contributed by atoms with van der Waals surface area (Å²) in [5.74, 6) is 0. The lowest BCUT2D eigenvalue weighted by molar-refractivity contribution is 1.46. The second-order valence-electron chi connectivity index (χ2n) is 1.31. The summed E-state index contributed by atoms with van der Waals surface area (Å²) in [6, 6.07) is 3.54. The molecular weight excluding hydrogens is 148 g/mol. The van der Waals surface area contributed by atoms with Crippen molar-refractivity contribution in [1.29, 1.82) is 10.5 Å². The summed E-state index contributed by atoms with van der Waals surface area (Å²) in [4.78, 5) is 0. The van der Waals surface area contributed by atoms with Crippen molar-refractivity contribution in [3.8, 4) is 12.1 Å². The Morgan fingerprint density at radius 3 is 2.00 bits per heavy atom. The fraction of sp³-hybridized carbons (Fsp3) is 0.143. The van der Waals surface area contributed by atoms with Gasteiger partial charge in [-0.15, -0.1) is 0 Å². The van der Waals surface area contributed by atoms with Crippen LogP contribution >= 0.6 is 11.6 Å². The van der Waals surface area contributed by atoms with E-state index in [0.717, 1.165) is 0 Å². The molecule has 0 atom stereocenters. The molecule has 0 aliphatic rings. The molecule has 0 aliphatic heterocycles. The van der Waals surface area contributed by atoms with Gasteiger partial charge in [0.05, 0.1) is 12.1 Å². The van der Waals surface area contributed by atoms with Crippen molar-refractivity contribution in [1.82, 2.24) is 0 Å². The molecule has 0 saturated carbocycles. The Labute approximate surface area is 65.6 Å². The molecule has 0 saturated heterocycles. The number of rotatable bonds is 0. The Kier molecular flexibility index (Phi) is 12.3. The van der Waals surface area contributed by atoms with E-state index in [9.17, 15) is 0 Å². The van der Waals surface area contributed by atoms with Crippen molar-refractivity contribution < 1.29 is 0 Å². The molecule has 52 valence electrons. The SMILES string of the molecule is C=C(C)C#N.N#CC=CCl. The fourth-order valence-electron chi connectivity index (χ4n) is 0.0282. The highest BCUT2D eigenvalue weighted by Crippen LogP contribution is 1.74. The lowest BCUT2D eigenvalue weighted by Crippen LogP contribution is -1.51. The quantitative estimate of drug-likeness (QED) is 0.503. The third-order valence-electron chi connectivity index (χ3n) is 0.328. The number of nitriles is 2. The minimum atomic E-state index is 0.560. The van der Waals surface area contributed by atoms with Crippen LogP contribution < -0.4 is 0 Å². The molecule has 0 rings (SSSR count). The average molecular weight is 155 g/mol. The minimum Gasteiger partial charge on any atom is -0.193 e. The van der Waals surface area contributed by atoms with E-state index in [-0.39, 0.29) is 0 Å². The number of allylic oxidation sites excluding steroid dienone is 2. The second kappa shape index (κ2) is 10.7. The first kappa shape index (κ1) is 11.5. The largest absolute Gasteiger partial charge is 0.193 e.